The Bertz CT molecular complexity index is 651. The molecule has 6 nitrogen and oxygen atoms in total. The number of nitriles is 1. The number of nitrogens with zero attached hydrogens (tertiary/aromatic N) is 2. The van der Waals surface area contributed by atoms with Crippen LogP contribution in [0.1, 0.15) is 25.3 Å². The van der Waals surface area contributed by atoms with Crippen LogP contribution in [0.15, 0.2) is 41.5 Å². The highest BCUT2D eigenvalue weighted by atomic mass is 16.6. The first-order valence-electron chi connectivity index (χ1n) is 7.90. The molecule has 0 saturated carbocycles. The minimum Gasteiger partial charge on any atom is -0.462 e. The van der Waals surface area contributed by atoms with E-state index in [9.17, 15) is 9.59 Å². The van der Waals surface area contributed by atoms with Crippen molar-refractivity contribution in [1.29, 1.82) is 5.26 Å². The molecule has 1 fully saturated rings. The highest BCUT2D eigenvalue weighted by Gasteiger charge is 2.24. The molecule has 0 aliphatic carbocycles. The van der Waals surface area contributed by atoms with Gasteiger partial charge in [-0.15, -0.1) is 0 Å². The van der Waals surface area contributed by atoms with Gasteiger partial charge >= 0.3 is 12.1 Å². The second kappa shape index (κ2) is 8.73. The van der Waals surface area contributed by atoms with Crippen molar-refractivity contribution in [3.05, 3.63) is 47.0 Å². The average Bonchev–Trinajstić information content (AvgIpc) is 2.62. The number of hydrogen-bond donors (Lipinski definition) is 0. The number of likely N-dealkylation sites (tertiary alicyclic amines) is 1. The van der Waals surface area contributed by atoms with Crippen LogP contribution >= 0.6 is 0 Å². The van der Waals surface area contributed by atoms with E-state index >= 15 is 0 Å². The molecule has 1 amide bonds. The summed E-state index contributed by atoms with van der Waals surface area (Å²) in [6, 6.07) is 11.4. The number of benzene rings is 1. The van der Waals surface area contributed by atoms with Gasteiger partial charge in [0.15, 0.2) is 0 Å². The third kappa shape index (κ3) is 4.59. The number of hydrogen-bond acceptors (Lipinski definition) is 5. The zero-order chi connectivity index (χ0) is 17.4. The topological polar surface area (TPSA) is 79.6 Å². The molecule has 0 radical (unpaired) electrons. The quantitative estimate of drug-likeness (QED) is 0.482. The first-order valence-corrected chi connectivity index (χ1v) is 7.90. The van der Waals surface area contributed by atoms with Crippen LogP contribution in [0.25, 0.3) is 0 Å². The third-order valence-corrected chi connectivity index (χ3v) is 3.78. The monoisotopic (exact) mass is 328 g/mol. The fraction of sp³-hybridized carbons (Fsp3) is 0.389. The fourth-order valence-corrected chi connectivity index (χ4v) is 2.49. The number of rotatable bonds is 4. The van der Waals surface area contributed by atoms with Crippen molar-refractivity contribution < 1.29 is 19.1 Å². The molecule has 0 aromatic heterocycles. The molecule has 6 heteroatoms. The lowest BCUT2D eigenvalue weighted by molar-refractivity contribution is -0.138. The van der Waals surface area contributed by atoms with Crippen molar-refractivity contribution >= 4 is 12.1 Å². The van der Waals surface area contributed by atoms with Gasteiger partial charge in [0.2, 0.25) is 0 Å². The summed E-state index contributed by atoms with van der Waals surface area (Å²) in [5.41, 5.74) is 1.73. The van der Waals surface area contributed by atoms with Gasteiger partial charge in [-0.3, -0.25) is 0 Å². The first-order chi connectivity index (χ1) is 11.7. The maximum Gasteiger partial charge on any atom is 0.410 e. The summed E-state index contributed by atoms with van der Waals surface area (Å²) in [5, 5.41) is 9.15. The van der Waals surface area contributed by atoms with Gasteiger partial charge in [0.05, 0.1) is 6.61 Å². The van der Waals surface area contributed by atoms with Crippen molar-refractivity contribution in [1.82, 2.24) is 4.90 Å². The third-order valence-electron chi connectivity index (χ3n) is 3.78. The van der Waals surface area contributed by atoms with Crippen LogP contribution in [0, 0.1) is 11.3 Å². The molecule has 2 rings (SSSR count). The Hall–Kier alpha value is -2.81. The Kier molecular flexibility index (Phi) is 6.38. The summed E-state index contributed by atoms with van der Waals surface area (Å²) in [6.45, 7) is 3.00. The lowest BCUT2D eigenvalue weighted by Gasteiger charge is -2.28. The summed E-state index contributed by atoms with van der Waals surface area (Å²) in [7, 11) is 0. The summed E-state index contributed by atoms with van der Waals surface area (Å²) < 4.78 is 10.2. The van der Waals surface area contributed by atoms with Gasteiger partial charge in [0, 0.05) is 13.1 Å². The van der Waals surface area contributed by atoms with Crippen LogP contribution in [0.2, 0.25) is 0 Å². The van der Waals surface area contributed by atoms with Gasteiger partial charge in [0.1, 0.15) is 18.2 Å². The van der Waals surface area contributed by atoms with E-state index in [1.165, 1.54) is 0 Å². The Morgan fingerprint density at radius 1 is 1.17 bits per heavy atom. The Morgan fingerprint density at radius 2 is 1.83 bits per heavy atom. The zero-order valence-electron chi connectivity index (χ0n) is 13.7. The molecule has 1 saturated heterocycles. The lowest BCUT2D eigenvalue weighted by Crippen LogP contribution is -2.37. The molecular formula is C18H20N2O4. The van der Waals surface area contributed by atoms with Crippen LogP contribution in [0.3, 0.4) is 0 Å². The molecule has 0 N–H and O–H groups in total. The van der Waals surface area contributed by atoms with E-state index in [4.69, 9.17) is 14.7 Å². The van der Waals surface area contributed by atoms with Gasteiger partial charge in [0.25, 0.3) is 0 Å². The molecule has 0 bridgehead atoms. The zero-order valence-corrected chi connectivity index (χ0v) is 13.7. The number of piperidine rings is 1. The SMILES string of the molecule is CCOC(=O)C(C#N)=C1CCN(C(=O)OCc2ccccc2)CC1. The molecule has 0 spiro atoms. The van der Waals surface area contributed by atoms with Crippen LogP contribution in [-0.2, 0) is 20.9 Å². The largest absolute Gasteiger partial charge is 0.462 e. The Labute approximate surface area is 141 Å². The van der Waals surface area contributed by atoms with E-state index in [0.717, 1.165) is 11.1 Å². The number of carbonyl (C=O) groups excluding carboxylic acids is 2. The van der Waals surface area contributed by atoms with Gasteiger partial charge in [-0.2, -0.15) is 5.26 Å². The molecule has 1 aromatic rings. The maximum absolute atomic E-state index is 12.1. The highest BCUT2D eigenvalue weighted by Crippen LogP contribution is 2.21. The van der Waals surface area contributed by atoms with E-state index in [2.05, 4.69) is 0 Å². The normalized spacial score (nSPS) is 13.8. The van der Waals surface area contributed by atoms with Crippen LogP contribution in [-0.4, -0.2) is 36.7 Å². The molecule has 0 atom stereocenters. The van der Waals surface area contributed by atoms with E-state index in [0.29, 0.717) is 25.9 Å². The molecule has 126 valence electrons. The van der Waals surface area contributed by atoms with Crippen LogP contribution in [0.5, 0.6) is 0 Å². The first kappa shape index (κ1) is 17.5. The second-order valence-corrected chi connectivity index (χ2v) is 5.34. The van der Waals surface area contributed by atoms with E-state index < -0.39 is 5.97 Å². The fourth-order valence-electron chi connectivity index (χ4n) is 2.49. The lowest BCUT2D eigenvalue weighted by atomic mass is 9.99. The van der Waals surface area contributed by atoms with Crippen molar-refractivity contribution in [2.24, 2.45) is 0 Å². The van der Waals surface area contributed by atoms with Crippen LogP contribution in [0.4, 0.5) is 4.79 Å². The van der Waals surface area contributed by atoms with Crippen molar-refractivity contribution in [3.8, 4) is 6.07 Å². The standard InChI is InChI=1S/C18H20N2O4/c1-2-23-17(21)16(12-19)15-8-10-20(11-9-15)18(22)24-13-14-6-4-3-5-7-14/h3-7H,2,8-11,13H2,1H3. The molecule has 1 aliphatic rings. The minimum absolute atomic E-state index is 0.0640. The van der Waals surface area contributed by atoms with Crippen LogP contribution < -0.4 is 0 Å². The summed E-state index contributed by atoms with van der Waals surface area (Å²) in [5.74, 6) is -0.588. The van der Waals surface area contributed by atoms with Gasteiger partial charge in [-0.05, 0) is 30.9 Å². The van der Waals surface area contributed by atoms with Crippen molar-refractivity contribution in [2.45, 2.75) is 26.4 Å². The molecule has 24 heavy (non-hydrogen) atoms. The number of amides is 1. The molecular weight excluding hydrogens is 308 g/mol. The van der Waals surface area contributed by atoms with Gasteiger partial charge in [-0.25, -0.2) is 9.59 Å². The van der Waals surface area contributed by atoms with Gasteiger partial charge < -0.3 is 14.4 Å². The predicted molar refractivity (Wildman–Crippen MR) is 86.7 cm³/mol. The number of esters is 1. The van der Waals surface area contributed by atoms with E-state index in [1.807, 2.05) is 36.4 Å². The summed E-state index contributed by atoms with van der Waals surface area (Å²) >= 11 is 0. The summed E-state index contributed by atoms with van der Waals surface area (Å²) in [4.78, 5) is 25.4. The average molecular weight is 328 g/mol. The maximum atomic E-state index is 12.1. The van der Waals surface area contributed by atoms with Crippen molar-refractivity contribution in [2.75, 3.05) is 19.7 Å². The predicted octanol–water partition coefficient (Wildman–Crippen LogP) is 2.80. The Morgan fingerprint density at radius 3 is 2.42 bits per heavy atom. The van der Waals surface area contributed by atoms with Gasteiger partial charge in [-0.1, -0.05) is 30.3 Å². The second-order valence-electron chi connectivity index (χ2n) is 5.34. The molecule has 0 unspecified atom stereocenters. The minimum atomic E-state index is -0.588. The molecule has 1 heterocycles. The smallest absolute Gasteiger partial charge is 0.410 e. The number of carbonyl (C=O) groups is 2. The molecule has 1 aromatic carbocycles. The Balaban J connectivity index is 1.88. The highest BCUT2D eigenvalue weighted by molar-refractivity contribution is 5.93. The summed E-state index contributed by atoms with van der Waals surface area (Å²) in [6.07, 6.45) is 0.567. The number of ether oxygens (including phenoxy) is 2. The van der Waals surface area contributed by atoms with Crippen molar-refractivity contribution in [3.63, 3.8) is 0 Å². The van der Waals surface area contributed by atoms with E-state index in [1.54, 1.807) is 11.8 Å². The van der Waals surface area contributed by atoms with E-state index in [-0.39, 0.29) is 24.9 Å². The molecule has 1 aliphatic heterocycles.